The van der Waals surface area contributed by atoms with E-state index < -0.39 is 0 Å². The molecule has 3 aromatic rings. The fourth-order valence-corrected chi connectivity index (χ4v) is 4.80. The van der Waals surface area contributed by atoms with Crippen molar-refractivity contribution in [1.82, 2.24) is 14.8 Å². The maximum absolute atomic E-state index is 12.9. The minimum Gasteiger partial charge on any atom is -0.497 e. The topological polar surface area (TPSA) is 70.2 Å². The lowest BCUT2D eigenvalue weighted by Crippen LogP contribution is -2.18. The second kappa shape index (κ2) is 8.86. The van der Waals surface area contributed by atoms with E-state index in [2.05, 4.69) is 14.8 Å². The Bertz CT molecular complexity index is 944. The second-order valence-corrected chi connectivity index (χ2v) is 8.61. The van der Waals surface area contributed by atoms with Gasteiger partial charge in [-0.3, -0.25) is 9.36 Å². The van der Waals surface area contributed by atoms with Crippen LogP contribution >= 0.6 is 11.8 Å². The number of furan rings is 1. The van der Waals surface area contributed by atoms with Crippen LogP contribution < -0.4 is 4.74 Å². The van der Waals surface area contributed by atoms with E-state index in [-0.39, 0.29) is 11.0 Å². The van der Waals surface area contributed by atoms with Crippen molar-refractivity contribution in [2.24, 2.45) is 0 Å². The second-order valence-electron chi connectivity index (χ2n) is 7.30. The van der Waals surface area contributed by atoms with Crippen LogP contribution in [0.3, 0.4) is 0 Å². The summed E-state index contributed by atoms with van der Waals surface area (Å²) >= 11 is 1.46. The van der Waals surface area contributed by atoms with Gasteiger partial charge in [-0.2, -0.15) is 0 Å². The predicted octanol–water partition coefficient (Wildman–Crippen LogP) is 5.42. The zero-order valence-electron chi connectivity index (χ0n) is 16.7. The molecule has 0 spiro atoms. The molecule has 1 aliphatic rings. The lowest BCUT2D eigenvalue weighted by Gasteiger charge is -2.25. The van der Waals surface area contributed by atoms with E-state index in [4.69, 9.17) is 9.15 Å². The van der Waals surface area contributed by atoms with E-state index in [0.29, 0.717) is 17.4 Å². The van der Waals surface area contributed by atoms with Crippen LogP contribution in [-0.4, -0.2) is 32.9 Å². The molecular formula is C22H25N3O3S. The van der Waals surface area contributed by atoms with Crippen LogP contribution in [0.4, 0.5) is 0 Å². The van der Waals surface area contributed by atoms with E-state index in [0.717, 1.165) is 29.6 Å². The van der Waals surface area contributed by atoms with Gasteiger partial charge in [0.25, 0.3) is 0 Å². The number of nitrogens with zero attached hydrogens (tertiary/aromatic N) is 3. The van der Waals surface area contributed by atoms with Crippen molar-refractivity contribution in [2.45, 2.75) is 55.5 Å². The van der Waals surface area contributed by atoms with E-state index in [1.807, 2.05) is 31.2 Å². The summed E-state index contributed by atoms with van der Waals surface area (Å²) in [5.41, 5.74) is 0.667. The Kier molecular flexibility index (Phi) is 6.04. The minimum atomic E-state index is -0.278. The number of methoxy groups -OCH3 is 1. The molecule has 0 N–H and O–H groups in total. The van der Waals surface area contributed by atoms with Crippen LogP contribution in [0.25, 0.3) is 11.6 Å². The average Bonchev–Trinajstić information content (AvgIpc) is 3.43. The Balaban J connectivity index is 1.59. The first kappa shape index (κ1) is 19.8. The third-order valence-electron chi connectivity index (χ3n) is 5.37. The summed E-state index contributed by atoms with van der Waals surface area (Å²) < 4.78 is 13.0. The van der Waals surface area contributed by atoms with Crippen molar-refractivity contribution in [1.29, 1.82) is 0 Å². The summed E-state index contributed by atoms with van der Waals surface area (Å²) in [6.07, 6.45) is 7.51. The van der Waals surface area contributed by atoms with Gasteiger partial charge in [-0.25, -0.2) is 0 Å². The first-order chi connectivity index (χ1) is 14.2. The number of ketones is 1. The molecule has 1 aliphatic carbocycles. The van der Waals surface area contributed by atoms with E-state index in [1.165, 1.54) is 31.0 Å². The maximum Gasteiger partial charge on any atom is 0.200 e. The van der Waals surface area contributed by atoms with Gasteiger partial charge in [0, 0.05) is 11.6 Å². The summed E-state index contributed by atoms with van der Waals surface area (Å²) in [6, 6.07) is 11.3. The largest absolute Gasteiger partial charge is 0.497 e. The van der Waals surface area contributed by atoms with Gasteiger partial charge in [0.2, 0.25) is 5.82 Å². The van der Waals surface area contributed by atoms with Gasteiger partial charge in [0.1, 0.15) is 5.75 Å². The standard InChI is InChI=1S/C22H25N3O3S/c1-15(20(26)16-10-12-18(27-2)13-11-16)29-22-24-23-21(19-9-6-14-28-19)25(22)17-7-4-3-5-8-17/h6,9-15,17H,3-5,7-8H2,1-2H3/t15-/m1/s1. The molecule has 4 rings (SSSR count). The highest BCUT2D eigenvalue weighted by Crippen LogP contribution is 2.37. The molecule has 152 valence electrons. The fourth-order valence-electron chi connectivity index (χ4n) is 3.80. The summed E-state index contributed by atoms with van der Waals surface area (Å²) in [7, 11) is 1.62. The van der Waals surface area contributed by atoms with Crippen LogP contribution in [0.2, 0.25) is 0 Å². The number of hydrogen-bond donors (Lipinski definition) is 0. The molecule has 2 heterocycles. The molecule has 0 saturated heterocycles. The van der Waals surface area contributed by atoms with Gasteiger partial charge in [-0.1, -0.05) is 31.0 Å². The van der Waals surface area contributed by atoms with E-state index >= 15 is 0 Å². The summed E-state index contributed by atoms with van der Waals surface area (Å²) in [4.78, 5) is 12.9. The number of aromatic nitrogens is 3. The molecule has 6 nitrogen and oxygen atoms in total. The molecule has 0 bridgehead atoms. The summed E-state index contributed by atoms with van der Waals surface area (Å²) in [5, 5.41) is 9.34. The van der Waals surface area contributed by atoms with Crippen molar-refractivity contribution in [3.8, 4) is 17.3 Å². The molecule has 2 aromatic heterocycles. The maximum atomic E-state index is 12.9. The SMILES string of the molecule is COc1ccc(C(=O)[C@@H](C)Sc2nnc(-c3ccco3)n2C2CCCCC2)cc1. The molecule has 1 aromatic carbocycles. The highest BCUT2D eigenvalue weighted by Gasteiger charge is 2.27. The third kappa shape index (κ3) is 4.24. The Morgan fingerprint density at radius 2 is 1.93 bits per heavy atom. The lowest BCUT2D eigenvalue weighted by molar-refractivity contribution is 0.0993. The van der Waals surface area contributed by atoms with Gasteiger partial charge in [-0.05, 0) is 56.2 Å². The van der Waals surface area contributed by atoms with Gasteiger partial charge in [-0.15, -0.1) is 10.2 Å². The molecule has 1 fully saturated rings. The van der Waals surface area contributed by atoms with Gasteiger partial charge in [0.05, 0.1) is 18.6 Å². The van der Waals surface area contributed by atoms with Crippen LogP contribution in [0.15, 0.2) is 52.2 Å². The van der Waals surface area contributed by atoms with Gasteiger partial charge >= 0.3 is 0 Å². The van der Waals surface area contributed by atoms with Crippen LogP contribution in [-0.2, 0) is 0 Å². The van der Waals surface area contributed by atoms with Crippen molar-refractivity contribution in [3.63, 3.8) is 0 Å². The fraction of sp³-hybridized carbons (Fsp3) is 0.409. The molecule has 1 saturated carbocycles. The number of benzene rings is 1. The van der Waals surface area contributed by atoms with E-state index in [1.54, 1.807) is 25.5 Å². The number of rotatable bonds is 7. The van der Waals surface area contributed by atoms with Crippen molar-refractivity contribution in [3.05, 3.63) is 48.2 Å². The molecule has 0 unspecified atom stereocenters. The van der Waals surface area contributed by atoms with Gasteiger partial charge < -0.3 is 9.15 Å². The molecule has 0 aliphatic heterocycles. The first-order valence-corrected chi connectivity index (χ1v) is 10.9. The first-order valence-electron chi connectivity index (χ1n) is 10.0. The quantitative estimate of drug-likeness (QED) is 0.382. The number of Topliss-reactive ketones (excluding diaryl/α,β-unsaturated/α-hetero) is 1. The zero-order chi connectivity index (χ0) is 20.2. The number of carbonyl (C=O) groups is 1. The highest BCUT2D eigenvalue weighted by atomic mass is 32.2. The molecule has 29 heavy (non-hydrogen) atoms. The minimum absolute atomic E-state index is 0.0652. The third-order valence-corrected chi connectivity index (χ3v) is 6.43. The average molecular weight is 412 g/mol. The molecule has 0 radical (unpaired) electrons. The number of hydrogen-bond acceptors (Lipinski definition) is 6. The summed E-state index contributed by atoms with van der Waals surface area (Å²) in [6.45, 7) is 1.92. The monoisotopic (exact) mass is 411 g/mol. The molecular weight excluding hydrogens is 386 g/mol. The summed E-state index contributed by atoms with van der Waals surface area (Å²) in [5.74, 6) is 2.26. The van der Waals surface area contributed by atoms with Crippen molar-refractivity contribution >= 4 is 17.5 Å². The van der Waals surface area contributed by atoms with Crippen LogP contribution in [0, 0.1) is 0 Å². The van der Waals surface area contributed by atoms with Crippen LogP contribution in [0.5, 0.6) is 5.75 Å². The smallest absolute Gasteiger partial charge is 0.200 e. The lowest BCUT2D eigenvalue weighted by atomic mass is 9.95. The van der Waals surface area contributed by atoms with Crippen molar-refractivity contribution in [2.75, 3.05) is 7.11 Å². The number of ether oxygens (including phenoxy) is 1. The normalized spacial score (nSPS) is 15.9. The predicted molar refractivity (Wildman–Crippen MR) is 112 cm³/mol. The Labute approximate surface area is 174 Å². The molecule has 0 amide bonds. The van der Waals surface area contributed by atoms with Crippen molar-refractivity contribution < 1.29 is 13.9 Å². The Morgan fingerprint density at radius 3 is 2.59 bits per heavy atom. The highest BCUT2D eigenvalue weighted by molar-refractivity contribution is 8.00. The Morgan fingerprint density at radius 1 is 1.17 bits per heavy atom. The van der Waals surface area contributed by atoms with E-state index in [9.17, 15) is 4.79 Å². The number of thioether (sulfide) groups is 1. The molecule has 1 atom stereocenters. The van der Waals surface area contributed by atoms with Gasteiger partial charge in [0.15, 0.2) is 16.7 Å². The zero-order valence-corrected chi connectivity index (χ0v) is 17.5. The molecule has 7 heteroatoms. The number of carbonyl (C=O) groups excluding carboxylic acids is 1. The van der Waals surface area contributed by atoms with Crippen LogP contribution in [0.1, 0.15) is 55.4 Å². The Hall–Kier alpha value is -2.54.